The van der Waals surface area contributed by atoms with Crippen molar-refractivity contribution in [2.24, 2.45) is 0 Å². The van der Waals surface area contributed by atoms with E-state index in [1.165, 1.54) is 4.90 Å². The standard InChI is InChI=1S/C16H17BrN2O2/c1-11-7-8-14(13(17)9-11)18-16(21)19(2)10-12-5-3-4-6-15(12)20/h3-9,20H,10H2,1-2H3,(H,18,21). The van der Waals surface area contributed by atoms with Crippen LogP contribution < -0.4 is 5.32 Å². The summed E-state index contributed by atoms with van der Waals surface area (Å²) in [6.07, 6.45) is 0. The summed E-state index contributed by atoms with van der Waals surface area (Å²) in [6, 6.07) is 12.5. The predicted octanol–water partition coefficient (Wildman–Crippen LogP) is 4.13. The van der Waals surface area contributed by atoms with Crippen LogP contribution in [-0.2, 0) is 6.54 Å². The van der Waals surface area contributed by atoms with Crippen LogP contribution in [0, 0.1) is 6.92 Å². The highest BCUT2D eigenvalue weighted by molar-refractivity contribution is 9.10. The molecular formula is C16H17BrN2O2. The lowest BCUT2D eigenvalue weighted by atomic mass is 10.2. The number of anilines is 1. The number of urea groups is 1. The molecule has 0 spiro atoms. The van der Waals surface area contributed by atoms with E-state index in [2.05, 4.69) is 21.2 Å². The number of hydrogen-bond acceptors (Lipinski definition) is 2. The molecule has 2 aromatic rings. The first-order valence-electron chi connectivity index (χ1n) is 6.52. The van der Waals surface area contributed by atoms with Gasteiger partial charge in [0, 0.05) is 17.1 Å². The molecule has 5 heteroatoms. The van der Waals surface area contributed by atoms with Crippen molar-refractivity contribution >= 4 is 27.6 Å². The summed E-state index contributed by atoms with van der Waals surface area (Å²) in [4.78, 5) is 13.7. The van der Waals surface area contributed by atoms with Gasteiger partial charge in [0.1, 0.15) is 5.75 Å². The maximum Gasteiger partial charge on any atom is 0.321 e. The molecule has 0 aromatic heterocycles. The Labute approximate surface area is 132 Å². The van der Waals surface area contributed by atoms with Gasteiger partial charge in [-0.2, -0.15) is 0 Å². The summed E-state index contributed by atoms with van der Waals surface area (Å²) in [7, 11) is 1.68. The number of benzene rings is 2. The molecule has 0 radical (unpaired) electrons. The third-order valence-corrected chi connectivity index (χ3v) is 3.77. The Morgan fingerprint density at radius 3 is 2.67 bits per heavy atom. The summed E-state index contributed by atoms with van der Waals surface area (Å²) < 4.78 is 0.840. The van der Waals surface area contributed by atoms with E-state index in [1.54, 1.807) is 25.2 Å². The summed E-state index contributed by atoms with van der Waals surface area (Å²) in [6.45, 7) is 2.32. The van der Waals surface area contributed by atoms with Crippen molar-refractivity contribution in [1.82, 2.24) is 4.90 Å². The molecule has 0 aliphatic heterocycles. The van der Waals surface area contributed by atoms with Gasteiger partial charge in [-0.1, -0.05) is 24.3 Å². The van der Waals surface area contributed by atoms with Gasteiger partial charge in [-0.15, -0.1) is 0 Å². The SMILES string of the molecule is Cc1ccc(NC(=O)N(C)Cc2ccccc2O)c(Br)c1. The third kappa shape index (κ3) is 3.98. The molecule has 0 unspecified atom stereocenters. The monoisotopic (exact) mass is 348 g/mol. The molecule has 0 aliphatic rings. The molecule has 2 N–H and O–H groups in total. The van der Waals surface area contributed by atoms with Crippen molar-refractivity contribution in [3.63, 3.8) is 0 Å². The van der Waals surface area contributed by atoms with E-state index in [0.717, 1.165) is 15.7 Å². The van der Waals surface area contributed by atoms with Gasteiger partial charge < -0.3 is 15.3 Å². The van der Waals surface area contributed by atoms with Crippen LogP contribution >= 0.6 is 15.9 Å². The summed E-state index contributed by atoms with van der Waals surface area (Å²) >= 11 is 3.43. The summed E-state index contributed by atoms with van der Waals surface area (Å²) in [5.41, 5.74) is 2.54. The minimum Gasteiger partial charge on any atom is -0.508 e. The molecule has 110 valence electrons. The lowest BCUT2D eigenvalue weighted by Gasteiger charge is -2.19. The second kappa shape index (κ2) is 6.63. The van der Waals surface area contributed by atoms with Crippen molar-refractivity contribution < 1.29 is 9.90 Å². The van der Waals surface area contributed by atoms with Crippen LogP contribution in [0.5, 0.6) is 5.75 Å². The number of amides is 2. The van der Waals surface area contributed by atoms with Crippen molar-refractivity contribution in [2.75, 3.05) is 12.4 Å². The van der Waals surface area contributed by atoms with Gasteiger partial charge in [0.15, 0.2) is 0 Å². The first kappa shape index (κ1) is 15.4. The topological polar surface area (TPSA) is 52.6 Å². The molecule has 2 rings (SSSR count). The van der Waals surface area contributed by atoms with Crippen LogP contribution in [0.4, 0.5) is 10.5 Å². The van der Waals surface area contributed by atoms with Gasteiger partial charge in [0.05, 0.1) is 12.2 Å². The van der Waals surface area contributed by atoms with Gasteiger partial charge in [-0.3, -0.25) is 0 Å². The Bertz CT molecular complexity index is 658. The summed E-state index contributed by atoms with van der Waals surface area (Å²) in [5, 5.41) is 12.6. The number of halogens is 1. The highest BCUT2D eigenvalue weighted by Gasteiger charge is 2.12. The molecule has 21 heavy (non-hydrogen) atoms. The Morgan fingerprint density at radius 1 is 1.29 bits per heavy atom. The minimum absolute atomic E-state index is 0.189. The molecule has 0 saturated heterocycles. The van der Waals surface area contributed by atoms with Crippen molar-refractivity contribution in [3.05, 3.63) is 58.1 Å². The second-order valence-corrected chi connectivity index (χ2v) is 5.75. The number of para-hydroxylation sites is 1. The third-order valence-electron chi connectivity index (χ3n) is 3.11. The average molecular weight is 349 g/mol. The zero-order valence-electron chi connectivity index (χ0n) is 11.9. The maximum absolute atomic E-state index is 12.2. The predicted molar refractivity (Wildman–Crippen MR) is 87.5 cm³/mol. The Kier molecular flexibility index (Phi) is 4.85. The zero-order chi connectivity index (χ0) is 15.4. The van der Waals surface area contributed by atoms with Gasteiger partial charge in [0.2, 0.25) is 0 Å². The molecule has 4 nitrogen and oxygen atoms in total. The van der Waals surface area contributed by atoms with Gasteiger partial charge in [0.25, 0.3) is 0 Å². The van der Waals surface area contributed by atoms with E-state index < -0.39 is 0 Å². The number of rotatable bonds is 3. The number of carbonyl (C=O) groups excluding carboxylic acids is 1. The van der Waals surface area contributed by atoms with Gasteiger partial charge in [-0.25, -0.2) is 4.79 Å². The Balaban J connectivity index is 2.04. The second-order valence-electron chi connectivity index (χ2n) is 4.90. The van der Waals surface area contributed by atoms with E-state index in [0.29, 0.717) is 12.1 Å². The van der Waals surface area contributed by atoms with E-state index in [1.807, 2.05) is 31.2 Å². The fourth-order valence-corrected chi connectivity index (χ4v) is 2.50. The molecule has 2 amide bonds. The van der Waals surface area contributed by atoms with E-state index in [4.69, 9.17) is 0 Å². The van der Waals surface area contributed by atoms with Crippen molar-refractivity contribution in [2.45, 2.75) is 13.5 Å². The van der Waals surface area contributed by atoms with Gasteiger partial charge in [-0.05, 0) is 46.6 Å². The number of nitrogens with one attached hydrogen (secondary N) is 1. The smallest absolute Gasteiger partial charge is 0.321 e. The summed E-state index contributed by atoms with van der Waals surface area (Å²) in [5.74, 6) is 0.189. The van der Waals surface area contributed by atoms with E-state index in [-0.39, 0.29) is 11.8 Å². The quantitative estimate of drug-likeness (QED) is 0.876. The Hall–Kier alpha value is -2.01. The fraction of sp³-hybridized carbons (Fsp3) is 0.188. The van der Waals surface area contributed by atoms with Crippen LogP contribution in [0.3, 0.4) is 0 Å². The molecular weight excluding hydrogens is 332 g/mol. The largest absolute Gasteiger partial charge is 0.508 e. The lowest BCUT2D eigenvalue weighted by molar-refractivity contribution is 0.220. The highest BCUT2D eigenvalue weighted by Crippen LogP contribution is 2.24. The number of carbonyl (C=O) groups is 1. The maximum atomic E-state index is 12.2. The van der Waals surface area contributed by atoms with Crippen molar-refractivity contribution in [3.8, 4) is 5.75 Å². The number of hydrogen-bond donors (Lipinski definition) is 2. The fourth-order valence-electron chi connectivity index (χ4n) is 1.90. The van der Waals surface area contributed by atoms with E-state index in [9.17, 15) is 9.90 Å². The van der Waals surface area contributed by atoms with Crippen LogP contribution in [0.2, 0.25) is 0 Å². The van der Waals surface area contributed by atoms with Crippen LogP contribution in [0.25, 0.3) is 0 Å². The van der Waals surface area contributed by atoms with Gasteiger partial charge >= 0.3 is 6.03 Å². The van der Waals surface area contributed by atoms with Crippen LogP contribution in [-0.4, -0.2) is 23.1 Å². The zero-order valence-corrected chi connectivity index (χ0v) is 13.5. The first-order valence-corrected chi connectivity index (χ1v) is 7.32. The molecule has 0 saturated carbocycles. The number of phenols is 1. The van der Waals surface area contributed by atoms with Crippen molar-refractivity contribution in [1.29, 1.82) is 0 Å². The van der Waals surface area contributed by atoms with E-state index >= 15 is 0 Å². The molecule has 0 aliphatic carbocycles. The average Bonchev–Trinajstić information content (AvgIpc) is 2.44. The number of aromatic hydroxyl groups is 1. The van der Waals surface area contributed by atoms with Crippen LogP contribution in [0.1, 0.15) is 11.1 Å². The molecule has 0 fully saturated rings. The normalized spacial score (nSPS) is 10.2. The highest BCUT2D eigenvalue weighted by atomic mass is 79.9. The number of nitrogens with zero attached hydrogens (tertiary/aromatic N) is 1. The minimum atomic E-state index is -0.234. The molecule has 2 aromatic carbocycles. The molecule has 0 atom stereocenters. The molecule has 0 heterocycles. The Morgan fingerprint density at radius 2 is 2.00 bits per heavy atom. The molecule has 0 bridgehead atoms. The first-order chi connectivity index (χ1) is 9.97. The van der Waals surface area contributed by atoms with Crippen LogP contribution in [0.15, 0.2) is 46.9 Å². The number of phenolic OH excluding ortho intramolecular Hbond substituents is 1. The lowest BCUT2D eigenvalue weighted by Crippen LogP contribution is -2.31. The number of aryl methyl sites for hydroxylation is 1.